The van der Waals surface area contributed by atoms with Crippen LogP contribution >= 0.6 is 0 Å². The largest absolute Gasteiger partial charge is 0.494 e. The van der Waals surface area contributed by atoms with Gasteiger partial charge < -0.3 is 15.0 Å². The van der Waals surface area contributed by atoms with Crippen LogP contribution in [0, 0.1) is 6.92 Å². The van der Waals surface area contributed by atoms with E-state index < -0.39 is 10.0 Å². The molecule has 8 heteroatoms. The molecule has 1 aliphatic heterocycles. The Labute approximate surface area is 172 Å². The zero-order chi connectivity index (χ0) is 21.0. The Hall–Kier alpha value is -2.42. The molecule has 3 rings (SSSR count). The number of hydrogen-bond donors (Lipinski definition) is 1. The molecule has 1 aliphatic rings. The van der Waals surface area contributed by atoms with Crippen molar-refractivity contribution in [3.63, 3.8) is 0 Å². The summed E-state index contributed by atoms with van der Waals surface area (Å²) in [6, 6.07) is 11.8. The van der Waals surface area contributed by atoms with E-state index in [1.165, 1.54) is 10.4 Å². The molecule has 29 heavy (non-hydrogen) atoms. The minimum absolute atomic E-state index is 0.182. The number of nitrogens with one attached hydrogen (secondary N) is 1. The minimum Gasteiger partial charge on any atom is -0.494 e. The summed E-state index contributed by atoms with van der Waals surface area (Å²) in [5, 5.41) is 2.80. The van der Waals surface area contributed by atoms with Crippen LogP contribution < -0.4 is 10.1 Å². The molecule has 0 spiro atoms. The lowest BCUT2D eigenvalue weighted by Gasteiger charge is -2.32. The maximum absolute atomic E-state index is 13.1. The number of carbonyl (C=O) groups excluding carboxylic acids is 1. The molecule has 1 saturated heterocycles. The van der Waals surface area contributed by atoms with E-state index in [1.54, 1.807) is 43.3 Å². The Balaban J connectivity index is 1.80. The third kappa shape index (κ3) is 4.95. The summed E-state index contributed by atoms with van der Waals surface area (Å²) < 4.78 is 33.1. The molecule has 1 amide bonds. The standard InChI is InChI=1S/C21H27N3O4S/c1-4-28-19-9-7-18(8-10-19)22-21(25)17-6-5-16(2)20(15-17)29(26,27)24-13-11-23(3)12-14-24/h5-10,15H,4,11-14H2,1-3H3,(H,22,25). The van der Waals surface area contributed by atoms with Gasteiger partial charge in [-0.25, -0.2) is 8.42 Å². The van der Waals surface area contributed by atoms with Crippen molar-refractivity contribution in [2.75, 3.05) is 45.2 Å². The van der Waals surface area contributed by atoms with Crippen molar-refractivity contribution in [1.29, 1.82) is 0 Å². The van der Waals surface area contributed by atoms with Crippen molar-refractivity contribution in [3.05, 3.63) is 53.6 Å². The molecule has 0 aliphatic carbocycles. The molecular formula is C21H27N3O4S. The molecule has 0 atom stereocenters. The van der Waals surface area contributed by atoms with Gasteiger partial charge in [-0.2, -0.15) is 4.31 Å². The molecule has 2 aromatic carbocycles. The molecular weight excluding hydrogens is 390 g/mol. The Bertz CT molecular complexity index is 966. The quantitative estimate of drug-likeness (QED) is 0.782. The van der Waals surface area contributed by atoms with Crippen LogP contribution in [-0.2, 0) is 10.0 Å². The second-order valence-corrected chi connectivity index (χ2v) is 9.01. The molecule has 0 radical (unpaired) electrons. The van der Waals surface area contributed by atoms with Crippen molar-refractivity contribution in [2.45, 2.75) is 18.7 Å². The van der Waals surface area contributed by atoms with Crippen LogP contribution in [-0.4, -0.2) is 63.4 Å². The topological polar surface area (TPSA) is 78.9 Å². The number of rotatable bonds is 6. The highest BCUT2D eigenvalue weighted by Gasteiger charge is 2.29. The smallest absolute Gasteiger partial charge is 0.255 e. The highest BCUT2D eigenvalue weighted by Crippen LogP contribution is 2.23. The monoisotopic (exact) mass is 417 g/mol. The lowest BCUT2D eigenvalue weighted by Crippen LogP contribution is -2.47. The zero-order valence-electron chi connectivity index (χ0n) is 17.0. The number of sulfonamides is 1. The number of ether oxygens (including phenoxy) is 1. The number of amides is 1. The van der Waals surface area contributed by atoms with Gasteiger partial charge in [0.05, 0.1) is 11.5 Å². The third-order valence-electron chi connectivity index (χ3n) is 4.95. The Morgan fingerprint density at radius 2 is 1.72 bits per heavy atom. The maximum atomic E-state index is 13.1. The predicted octanol–water partition coefficient (Wildman–Crippen LogP) is 2.58. The number of carbonyl (C=O) groups is 1. The van der Waals surface area contributed by atoms with Crippen molar-refractivity contribution < 1.29 is 17.9 Å². The van der Waals surface area contributed by atoms with E-state index in [9.17, 15) is 13.2 Å². The van der Waals surface area contributed by atoms with Crippen LogP contribution in [0.15, 0.2) is 47.4 Å². The van der Waals surface area contributed by atoms with Crippen molar-refractivity contribution in [1.82, 2.24) is 9.21 Å². The van der Waals surface area contributed by atoms with E-state index in [-0.39, 0.29) is 10.8 Å². The summed E-state index contributed by atoms with van der Waals surface area (Å²) in [7, 11) is -1.67. The molecule has 1 heterocycles. The normalized spacial score (nSPS) is 15.8. The van der Waals surface area contributed by atoms with Gasteiger partial charge >= 0.3 is 0 Å². The van der Waals surface area contributed by atoms with E-state index in [0.717, 1.165) is 5.75 Å². The molecule has 2 aromatic rings. The maximum Gasteiger partial charge on any atom is 0.255 e. The number of likely N-dealkylation sites (N-methyl/N-ethyl adjacent to an activating group) is 1. The summed E-state index contributed by atoms with van der Waals surface area (Å²) >= 11 is 0. The summed E-state index contributed by atoms with van der Waals surface area (Å²) in [5.74, 6) is 0.366. The van der Waals surface area contributed by atoms with E-state index in [2.05, 4.69) is 10.2 Å². The molecule has 7 nitrogen and oxygen atoms in total. The van der Waals surface area contributed by atoms with Gasteiger partial charge in [0.1, 0.15) is 5.75 Å². The highest BCUT2D eigenvalue weighted by atomic mass is 32.2. The molecule has 0 unspecified atom stereocenters. The fraction of sp³-hybridized carbons (Fsp3) is 0.381. The highest BCUT2D eigenvalue weighted by molar-refractivity contribution is 7.89. The van der Waals surface area contributed by atoms with Crippen LogP contribution in [0.25, 0.3) is 0 Å². The Kier molecular flexibility index (Phi) is 6.56. The average Bonchev–Trinajstić information content (AvgIpc) is 2.70. The summed E-state index contributed by atoms with van der Waals surface area (Å²) in [6.07, 6.45) is 0. The van der Waals surface area contributed by atoms with Crippen LogP contribution in [0.3, 0.4) is 0 Å². The van der Waals surface area contributed by atoms with Gasteiger partial charge in [0, 0.05) is 37.4 Å². The molecule has 0 saturated carbocycles. The Morgan fingerprint density at radius 1 is 1.07 bits per heavy atom. The molecule has 1 N–H and O–H groups in total. The lowest BCUT2D eigenvalue weighted by atomic mass is 10.1. The van der Waals surface area contributed by atoms with Gasteiger partial charge in [0.2, 0.25) is 10.0 Å². The first kappa shape index (κ1) is 21.3. The van der Waals surface area contributed by atoms with Gasteiger partial charge in [-0.05, 0) is 62.9 Å². The number of anilines is 1. The van der Waals surface area contributed by atoms with Crippen LogP contribution in [0.4, 0.5) is 5.69 Å². The van der Waals surface area contributed by atoms with Gasteiger partial charge in [-0.15, -0.1) is 0 Å². The first-order valence-corrected chi connectivity index (χ1v) is 11.1. The third-order valence-corrected chi connectivity index (χ3v) is 6.99. The van der Waals surface area contributed by atoms with Crippen molar-refractivity contribution in [2.24, 2.45) is 0 Å². The minimum atomic E-state index is -3.65. The number of hydrogen-bond acceptors (Lipinski definition) is 5. The first-order valence-electron chi connectivity index (χ1n) is 9.65. The zero-order valence-corrected chi connectivity index (χ0v) is 17.8. The van der Waals surface area contributed by atoms with Crippen molar-refractivity contribution in [3.8, 4) is 5.75 Å². The molecule has 1 fully saturated rings. The fourth-order valence-corrected chi connectivity index (χ4v) is 4.86. The van der Waals surface area contributed by atoms with Crippen LogP contribution in [0.5, 0.6) is 5.75 Å². The van der Waals surface area contributed by atoms with E-state index >= 15 is 0 Å². The lowest BCUT2D eigenvalue weighted by molar-refractivity contribution is 0.102. The van der Waals surface area contributed by atoms with E-state index in [1.807, 2.05) is 14.0 Å². The molecule has 0 bridgehead atoms. The van der Waals surface area contributed by atoms with Gasteiger partial charge in [-0.1, -0.05) is 6.07 Å². The van der Waals surface area contributed by atoms with E-state index in [0.29, 0.717) is 49.6 Å². The number of nitrogens with zero attached hydrogens (tertiary/aromatic N) is 2. The van der Waals surface area contributed by atoms with Crippen LogP contribution in [0.1, 0.15) is 22.8 Å². The number of benzene rings is 2. The second kappa shape index (κ2) is 8.94. The van der Waals surface area contributed by atoms with Crippen molar-refractivity contribution >= 4 is 21.6 Å². The summed E-state index contributed by atoms with van der Waals surface area (Å²) in [4.78, 5) is 15.0. The number of aryl methyl sites for hydroxylation is 1. The van der Waals surface area contributed by atoms with E-state index in [4.69, 9.17) is 4.74 Å². The molecule has 156 valence electrons. The molecule has 0 aromatic heterocycles. The Morgan fingerprint density at radius 3 is 2.34 bits per heavy atom. The van der Waals surface area contributed by atoms with Crippen LogP contribution in [0.2, 0.25) is 0 Å². The fourth-order valence-electron chi connectivity index (χ4n) is 3.19. The first-order chi connectivity index (χ1) is 13.8. The van der Waals surface area contributed by atoms with Gasteiger partial charge in [0.25, 0.3) is 5.91 Å². The summed E-state index contributed by atoms with van der Waals surface area (Å²) in [6.45, 7) is 6.49. The average molecular weight is 418 g/mol. The number of piperazine rings is 1. The van der Waals surface area contributed by atoms with Gasteiger partial charge in [-0.3, -0.25) is 4.79 Å². The SMILES string of the molecule is CCOc1ccc(NC(=O)c2ccc(C)c(S(=O)(=O)N3CCN(C)CC3)c2)cc1. The van der Waals surface area contributed by atoms with Gasteiger partial charge in [0.15, 0.2) is 0 Å². The second-order valence-electron chi connectivity index (χ2n) is 7.10. The predicted molar refractivity (Wildman–Crippen MR) is 113 cm³/mol. The summed E-state index contributed by atoms with van der Waals surface area (Å²) in [5.41, 5.74) is 1.54.